The minimum Gasteiger partial charge on any atom is -0.362 e. The van der Waals surface area contributed by atoms with Crippen molar-refractivity contribution >= 4 is 17.4 Å². The van der Waals surface area contributed by atoms with Crippen LogP contribution < -0.4 is 10.9 Å². The van der Waals surface area contributed by atoms with Gasteiger partial charge in [-0.05, 0) is 25.2 Å². The molecule has 1 fully saturated rings. The SMILES string of the molecule is CC(C)C(CCCl)Nc1nccn(C2CC2)c1=O. The van der Waals surface area contributed by atoms with E-state index in [1.807, 2.05) is 0 Å². The number of rotatable bonds is 6. The molecule has 0 aliphatic heterocycles. The van der Waals surface area contributed by atoms with Gasteiger partial charge in [-0.25, -0.2) is 4.98 Å². The second-order valence-corrected chi connectivity index (χ2v) is 5.57. The van der Waals surface area contributed by atoms with Crippen LogP contribution in [0.1, 0.15) is 39.2 Å². The number of hydrogen-bond donors (Lipinski definition) is 1. The van der Waals surface area contributed by atoms with Gasteiger partial charge >= 0.3 is 0 Å². The van der Waals surface area contributed by atoms with Crippen LogP contribution in [0.25, 0.3) is 0 Å². The summed E-state index contributed by atoms with van der Waals surface area (Å²) >= 11 is 5.79. The van der Waals surface area contributed by atoms with Crippen LogP contribution >= 0.6 is 11.6 Å². The van der Waals surface area contributed by atoms with Crippen LogP contribution in [0.5, 0.6) is 0 Å². The van der Waals surface area contributed by atoms with Crippen molar-refractivity contribution in [3.05, 3.63) is 22.7 Å². The zero-order valence-corrected chi connectivity index (χ0v) is 11.7. The lowest BCUT2D eigenvalue weighted by Gasteiger charge is -2.21. The van der Waals surface area contributed by atoms with E-state index in [2.05, 4.69) is 24.1 Å². The second-order valence-electron chi connectivity index (χ2n) is 5.19. The van der Waals surface area contributed by atoms with Gasteiger partial charge in [0, 0.05) is 30.4 Å². The molecule has 1 saturated carbocycles. The quantitative estimate of drug-likeness (QED) is 0.808. The molecule has 0 bridgehead atoms. The Morgan fingerprint density at radius 1 is 1.56 bits per heavy atom. The molecular formula is C13H20ClN3O. The minimum absolute atomic E-state index is 0.0137. The largest absolute Gasteiger partial charge is 0.362 e. The molecule has 0 saturated heterocycles. The van der Waals surface area contributed by atoms with Gasteiger partial charge < -0.3 is 9.88 Å². The van der Waals surface area contributed by atoms with E-state index in [9.17, 15) is 4.79 Å². The first-order valence-electron chi connectivity index (χ1n) is 6.53. The Hall–Kier alpha value is -1.03. The fourth-order valence-electron chi connectivity index (χ4n) is 2.03. The predicted molar refractivity (Wildman–Crippen MR) is 74.4 cm³/mol. The van der Waals surface area contributed by atoms with Crippen molar-refractivity contribution in [2.24, 2.45) is 5.92 Å². The van der Waals surface area contributed by atoms with Crippen molar-refractivity contribution in [3.63, 3.8) is 0 Å². The Kier molecular flexibility index (Phi) is 4.27. The molecular weight excluding hydrogens is 250 g/mol. The van der Waals surface area contributed by atoms with Gasteiger partial charge in [-0.3, -0.25) is 4.79 Å². The van der Waals surface area contributed by atoms with Crippen molar-refractivity contribution < 1.29 is 0 Å². The molecule has 1 aromatic rings. The van der Waals surface area contributed by atoms with E-state index in [1.54, 1.807) is 17.0 Å². The second kappa shape index (κ2) is 5.74. The van der Waals surface area contributed by atoms with Crippen molar-refractivity contribution in [2.75, 3.05) is 11.2 Å². The first-order chi connectivity index (χ1) is 8.63. The highest BCUT2D eigenvalue weighted by atomic mass is 35.5. The highest BCUT2D eigenvalue weighted by Gasteiger charge is 2.25. The summed E-state index contributed by atoms with van der Waals surface area (Å²) in [5.74, 6) is 1.45. The van der Waals surface area contributed by atoms with Gasteiger partial charge in [0.1, 0.15) is 0 Å². The topological polar surface area (TPSA) is 46.9 Å². The predicted octanol–water partition coefficient (Wildman–Crippen LogP) is 2.64. The van der Waals surface area contributed by atoms with Gasteiger partial charge in [-0.2, -0.15) is 0 Å². The molecule has 5 heteroatoms. The molecule has 0 spiro atoms. The normalized spacial score (nSPS) is 16.9. The molecule has 1 aliphatic carbocycles. The lowest BCUT2D eigenvalue weighted by Crippen LogP contribution is -2.32. The molecule has 18 heavy (non-hydrogen) atoms. The standard InChI is InChI=1S/C13H20ClN3O/c1-9(2)11(5-6-14)16-12-13(18)17(8-7-15-12)10-3-4-10/h7-11H,3-6H2,1-2H3,(H,15,16). The molecule has 2 rings (SSSR count). The molecule has 1 heterocycles. The highest BCUT2D eigenvalue weighted by Crippen LogP contribution is 2.33. The van der Waals surface area contributed by atoms with Gasteiger partial charge in [-0.1, -0.05) is 13.8 Å². The van der Waals surface area contributed by atoms with Crippen LogP contribution in [0.15, 0.2) is 17.2 Å². The third-order valence-corrected chi connectivity index (χ3v) is 3.57. The van der Waals surface area contributed by atoms with Gasteiger partial charge in [-0.15, -0.1) is 11.6 Å². The van der Waals surface area contributed by atoms with Crippen molar-refractivity contribution in [1.82, 2.24) is 9.55 Å². The Morgan fingerprint density at radius 2 is 2.28 bits per heavy atom. The third-order valence-electron chi connectivity index (χ3n) is 3.36. The Morgan fingerprint density at radius 3 is 2.83 bits per heavy atom. The average molecular weight is 270 g/mol. The monoisotopic (exact) mass is 269 g/mol. The smallest absolute Gasteiger partial charge is 0.293 e. The van der Waals surface area contributed by atoms with E-state index in [0.717, 1.165) is 19.3 Å². The number of nitrogens with zero attached hydrogens (tertiary/aromatic N) is 2. The number of anilines is 1. The lowest BCUT2D eigenvalue weighted by molar-refractivity contribution is 0.510. The number of alkyl halides is 1. The molecule has 1 atom stereocenters. The third kappa shape index (κ3) is 3.05. The molecule has 0 radical (unpaired) electrons. The number of nitrogens with one attached hydrogen (secondary N) is 1. The minimum atomic E-state index is -0.0137. The van der Waals surface area contributed by atoms with Crippen molar-refractivity contribution in [3.8, 4) is 0 Å². The Labute approximate surface area is 112 Å². The highest BCUT2D eigenvalue weighted by molar-refractivity contribution is 6.17. The van der Waals surface area contributed by atoms with Gasteiger partial charge in [0.2, 0.25) is 0 Å². The van der Waals surface area contributed by atoms with Crippen LogP contribution in [0.2, 0.25) is 0 Å². The van der Waals surface area contributed by atoms with Crippen LogP contribution in [0.4, 0.5) is 5.82 Å². The van der Waals surface area contributed by atoms with Gasteiger partial charge in [0.15, 0.2) is 5.82 Å². The number of halogens is 1. The lowest BCUT2D eigenvalue weighted by atomic mass is 10.0. The number of aromatic nitrogens is 2. The summed E-state index contributed by atoms with van der Waals surface area (Å²) in [6, 6.07) is 0.573. The summed E-state index contributed by atoms with van der Waals surface area (Å²) in [7, 11) is 0. The number of hydrogen-bond acceptors (Lipinski definition) is 3. The van der Waals surface area contributed by atoms with E-state index in [-0.39, 0.29) is 11.6 Å². The first-order valence-corrected chi connectivity index (χ1v) is 7.06. The van der Waals surface area contributed by atoms with E-state index in [0.29, 0.717) is 23.7 Å². The van der Waals surface area contributed by atoms with Gasteiger partial charge in [0.05, 0.1) is 0 Å². The molecule has 4 nitrogen and oxygen atoms in total. The maximum atomic E-state index is 12.2. The van der Waals surface area contributed by atoms with E-state index in [4.69, 9.17) is 11.6 Å². The molecule has 1 aromatic heterocycles. The Balaban J connectivity index is 2.17. The Bertz CT molecular complexity index is 454. The molecule has 0 aromatic carbocycles. The van der Waals surface area contributed by atoms with Crippen molar-refractivity contribution in [1.29, 1.82) is 0 Å². The summed E-state index contributed by atoms with van der Waals surface area (Å²) in [6.07, 6.45) is 6.49. The molecule has 1 N–H and O–H groups in total. The summed E-state index contributed by atoms with van der Waals surface area (Å²) in [6.45, 7) is 4.24. The molecule has 1 aliphatic rings. The maximum absolute atomic E-state index is 12.2. The molecule has 100 valence electrons. The van der Waals surface area contributed by atoms with E-state index >= 15 is 0 Å². The fraction of sp³-hybridized carbons (Fsp3) is 0.692. The summed E-state index contributed by atoms with van der Waals surface area (Å²) < 4.78 is 1.79. The van der Waals surface area contributed by atoms with Crippen molar-refractivity contribution in [2.45, 2.75) is 45.2 Å². The van der Waals surface area contributed by atoms with E-state index < -0.39 is 0 Å². The fourth-order valence-corrected chi connectivity index (χ4v) is 2.26. The van der Waals surface area contributed by atoms with Crippen LogP contribution in [-0.2, 0) is 0 Å². The molecule has 0 amide bonds. The average Bonchev–Trinajstić information content (AvgIpc) is 3.15. The van der Waals surface area contributed by atoms with Gasteiger partial charge in [0.25, 0.3) is 5.56 Å². The van der Waals surface area contributed by atoms with E-state index in [1.165, 1.54) is 0 Å². The summed E-state index contributed by atoms with van der Waals surface area (Å²) in [5, 5.41) is 3.24. The van der Waals surface area contributed by atoms with Crippen LogP contribution in [0.3, 0.4) is 0 Å². The maximum Gasteiger partial charge on any atom is 0.293 e. The zero-order chi connectivity index (χ0) is 13.1. The van der Waals surface area contributed by atoms with Crippen LogP contribution in [0, 0.1) is 5.92 Å². The molecule has 1 unspecified atom stereocenters. The zero-order valence-electron chi connectivity index (χ0n) is 10.9. The first kappa shape index (κ1) is 13.4. The van der Waals surface area contributed by atoms with Crippen LogP contribution in [-0.4, -0.2) is 21.5 Å². The summed E-state index contributed by atoms with van der Waals surface area (Å²) in [4.78, 5) is 16.4. The summed E-state index contributed by atoms with van der Waals surface area (Å²) in [5.41, 5.74) is -0.0137.